The van der Waals surface area contributed by atoms with Crippen molar-refractivity contribution in [2.75, 3.05) is 7.11 Å². The molecule has 5 nitrogen and oxygen atoms in total. The van der Waals surface area contributed by atoms with E-state index >= 15 is 0 Å². The van der Waals surface area contributed by atoms with Crippen LogP contribution in [-0.4, -0.2) is 28.5 Å². The highest BCUT2D eigenvalue weighted by Gasteiger charge is 2.19. The Morgan fingerprint density at radius 1 is 1.30 bits per heavy atom. The van der Waals surface area contributed by atoms with Crippen molar-refractivity contribution in [2.24, 2.45) is 7.05 Å². The van der Waals surface area contributed by atoms with E-state index in [0.29, 0.717) is 5.75 Å². The van der Waals surface area contributed by atoms with E-state index in [9.17, 15) is 14.0 Å². The molecule has 1 N–H and O–H groups in total. The molecule has 2 aromatic rings. The Labute approximate surface area is 114 Å². The van der Waals surface area contributed by atoms with Crippen LogP contribution in [0.2, 0.25) is 0 Å². The summed E-state index contributed by atoms with van der Waals surface area (Å²) >= 11 is 0. The Balaban J connectivity index is 2.41. The van der Waals surface area contributed by atoms with Gasteiger partial charge in [0.1, 0.15) is 17.3 Å². The van der Waals surface area contributed by atoms with Crippen LogP contribution in [0, 0.1) is 5.82 Å². The number of aromatic carboxylic acids is 1. The fourth-order valence-electron chi connectivity index (χ4n) is 1.86. The fraction of sp³-hybridized carbons (Fsp3) is 0.143. The maximum Gasteiger partial charge on any atom is 0.352 e. The molecule has 0 bridgehead atoms. The summed E-state index contributed by atoms with van der Waals surface area (Å²) in [6, 6.07) is 5.10. The van der Waals surface area contributed by atoms with Crippen molar-refractivity contribution in [3.63, 3.8) is 0 Å². The van der Waals surface area contributed by atoms with Gasteiger partial charge in [0.05, 0.1) is 12.7 Å². The molecule has 0 aliphatic carbocycles. The zero-order chi connectivity index (χ0) is 14.9. The fourth-order valence-corrected chi connectivity index (χ4v) is 1.86. The van der Waals surface area contributed by atoms with Crippen LogP contribution in [-0.2, 0) is 7.05 Å². The van der Waals surface area contributed by atoms with Gasteiger partial charge < -0.3 is 14.4 Å². The normalized spacial score (nSPS) is 10.3. The van der Waals surface area contributed by atoms with Crippen molar-refractivity contribution in [3.8, 4) is 5.75 Å². The van der Waals surface area contributed by atoms with E-state index in [1.165, 1.54) is 43.1 Å². The van der Waals surface area contributed by atoms with E-state index in [4.69, 9.17) is 9.84 Å². The molecule has 0 saturated carbocycles. The summed E-state index contributed by atoms with van der Waals surface area (Å²) in [7, 11) is 2.90. The topological polar surface area (TPSA) is 68.5 Å². The second-order valence-electron chi connectivity index (χ2n) is 4.20. The van der Waals surface area contributed by atoms with Crippen molar-refractivity contribution < 1.29 is 23.8 Å². The molecule has 6 heteroatoms. The number of aryl methyl sites for hydroxylation is 1. The number of ketones is 1. The first-order valence-corrected chi connectivity index (χ1v) is 5.72. The number of hydrogen-bond donors (Lipinski definition) is 1. The van der Waals surface area contributed by atoms with Gasteiger partial charge in [-0.25, -0.2) is 9.18 Å². The quantitative estimate of drug-likeness (QED) is 0.869. The molecule has 0 saturated heterocycles. The van der Waals surface area contributed by atoms with Crippen LogP contribution in [0.5, 0.6) is 5.75 Å². The first kappa shape index (κ1) is 13.8. The molecular weight excluding hydrogens is 265 g/mol. The molecule has 0 spiro atoms. The molecule has 0 atom stereocenters. The van der Waals surface area contributed by atoms with Gasteiger partial charge in [-0.15, -0.1) is 0 Å². The number of nitrogens with zero attached hydrogens (tertiary/aromatic N) is 1. The molecule has 0 fully saturated rings. The molecule has 2 rings (SSSR count). The van der Waals surface area contributed by atoms with E-state index in [1.54, 1.807) is 0 Å². The van der Waals surface area contributed by atoms with Crippen molar-refractivity contribution >= 4 is 11.8 Å². The van der Waals surface area contributed by atoms with Crippen LogP contribution in [0.15, 0.2) is 30.5 Å². The van der Waals surface area contributed by atoms with Gasteiger partial charge in [-0.2, -0.15) is 0 Å². The van der Waals surface area contributed by atoms with Crippen molar-refractivity contribution in [2.45, 2.75) is 0 Å². The third kappa shape index (κ3) is 2.40. The molecule has 0 aliphatic heterocycles. The molecule has 1 aromatic carbocycles. The number of benzene rings is 1. The lowest BCUT2D eigenvalue weighted by molar-refractivity contribution is 0.0686. The molecule has 0 unspecified atom stereocenters. The van der Waals surface area contributed by atoms with Gasteiger partial charge in [-0.3, -0.25) is 4.79 Å². The number of hydrogen-bond acceptors (Lipinski definition) is 3. The van der Waals surface area contributed by atoms with Crippen molar-refractivity contribution in [1.82, 2.24) is 4.57 Å². The molecule has 20 heavy (non-hydrogen) atoms. The number of rotatable bonds is 4. The number of aromatic nitrogens is 1. The Bertz CT molecular complexity index is 690. The Kier molecular flexibility index (Phi) is 3.56. The van der Waals surface area contributed by atoms with Gasteiger partial charge >= 0.3 is 5.97 Å². The minimum absolute atomic E-state index is 0.0396. The van der Waals surface area contributed by atoms with E-state index in [-0.39, 0.29) is 16.8 Å². The minimum Gasteiger partial charge on any atom is -0.497 e. The third-order valence-corrected chi connectivity index (χ3v) is 2.91. The van der Waals surface area contributed by atoms with Gasteiger partial charge in [0.2, 0.25) is 0 Å². The number of carbonyl (C=O) groups is 2. The predicted molar refractivity (Wildman–Crippen MR) is 68.8 cm³/mol. The SMILES string of the molecule is COc1ccc(C(=O)c2cc(C(=O)O)n(C)c2)c(F)c1. The highest BCUT2D eigenvalue weighted by molar-refractivity contribution is 6.10. The first-order valence-electron chi connectivity index (χ1n) is 5.72. The van der Waals surface area contributed by atoms with Gasteiger partial charge in [0, 0.05) is 24.9 Å². The number of carboxylic acid groups (broad SMARTS) is 1. The largest absolute Gasteiger partial charge is 0.497 e. The Morgan fingerprint density at radius 2 is 2.00 bits per heavy atom. The van der Waals surface area contributed by atoms with Crippen molar-refractivity contribution in [3.05, 3.63) is 53.1 Å². The molecule has 0 amide bonds. The zero-order valence-corrected chi connectivity index (χ0v) is 10.9. The minimum atomic E-state index is -1.15. The molecule has 1 aromatic heterocycles. The predicted octanol–water partition coefficient (Wildman–Crippen LogP) is 2.10. The van der Waals surface area contributed by atoms with E-state index in [2.05, 4.69) is 0 Å². The lowest BCUT2D eigenvalue weighted by atomic mass is 10.1. The zero-order valence-electron chi connectivity index (χ0n) is 10.9. The van der Waals surface area contributed by atoms with Crippen LogP contribution in [0.25, 0.3) is 0 Å². The summed E-state index contributed by atoms with van der Waals surface area (Å²) in [4.78, 5) is 23.1. The average Bonchev–Trinajstić information content (AvgIpc) is 2.80. The van der Waals surface area contributed by atoms with Crippen LogP contribution in [0.3, 0.4) is 0 Å². The summed E-state index contributed by atoms with van der Waals surface area (Å²) in [5.41, 5.74) is -0.0513. The monoisotopic (exact) mass is 277 g/mol. The van der Waals surface area contributed by atoms with Crippen LogP contribution >= 0.6 is 0 Å². The maximum absolute atomic E-state index is 13.8. The number of ether oxygens (including phenoxy) is 1. The highest BCUT2D eigenvalue weighted by atomic mass is 19.1. The lowest BCUT2D eigenvalue weighted by Crippen LogP contribution is -2.03. The van der Waals surface area contributed by atoms with Gasteiger partial charge in [0.15, 0.2) is 5.78 Å². The van der Waals surface area contributed by atoms with Crippen LogP contribution < -0.4 is 4.74 Å². The molecular formula is C14H12FNO4. The van der Waals surface area contributed by atoms with Crippen molar-refractivity contribution in [1.29, 1.82) is 0 Å². The third-order valence-electron chi connectivity index (χ3n) is 2.91. The van der Waals surface area contributed by atoms with E-state index in [1.807, 2.05) is 0 Å². The smallest absolute Gasteiger partial charge is 0.352 e. The van der Waals surface area contributed by atoms with E-state index in [0.717, 1.165) is 6.07 Å². The number of methoxy groups -OCH3 is 1. The van der Waals surface area contributed by atoms with Gasteiger partial charge in [-0.1, -0.05) is 0 Å². The summed E-state index contributed by atoms with van der Waals surface area (Å²) in [5.74, 6) is -2.14. The summed E-state index contributed by atoms with van der Waals surface area (Å²) in [6.45, 7) is 0. The first-order chi connectivity index (χ1) is 9.43. The standard InChI is InChI=1S/C14H12FNO4/c1-16-7-8(5-12(16)14(18)19)13(17)10-4-3-9(20-2)6-11(10)15/h3-7H,1-2H3,(H,18,19). The number of carboxylic acids is 1. The van der Waals surface area contributed by atoms with Crippen LogP contribution in [0.1, 0.15) is 26.4 Å². The molecule has 0 aliphatic rings. The molecule has 104 valence electrons. The second kappa shape index (κ2) is 5.16. The second-order valence-corrected chi connectivity index (χ2v) is 4.20. The Morgan fingerprint density at radius 3 is 2.50 bits per heavy atom. The number of halogens is 1. The van der Waals surface area contributed by atoms with Gasteiger partial charge in [-0.05, 0) is 18.2 Å². The molecule has 1 heterocycles. The average molecular weight is 277 g/mol. The van der Waals surface area contributed by atoms with Gasteiger partial charge in [0.25, 0.3) is 0 Å². The highest BCUT2D eigenvalue weighted by Crippen LogP contribution is 2.20. The summed E-state index contributed by atoms with van der Waals surface area (Å²) in [6.07, 6.45) is 1.36. The Hall–Kier alpha value is -2.63. The maximum atomic E-state index is 13.8. The lowest BCUT2D eigenvalue weighted by Gasteiger charge is -2.03. The van der Waals surface area contributed by atoms with E-state index < -0.39 is 17.6 Å². The summed E-state index contributed by atoms with van der Waals surface area (Å²) in [5, 5.41) is 8.93. The summed E-state index contributed by atoms with van der Waals surface area (Å²) < 4.78 is 20.0. The molecule has 0 radical (unpaired) electrons. The van der Waals surface area contributed by atoms with Crippen LogP contribution in [0.4, 0.5) is 4.39 Å². The number of carbonyl (C=O) groups excluding carboxylic acids is 1.